The third kappa shape index (κ3) is 4.14. The van der Waals surface area contributed by atoms with Crippen LogP contribution < -0.4 is 0 Å². The van der Waals surface area contributed by atoms with Crippen LogP contribution in [0.1, 0.15) is 12.0 Å². The molecule has 1 heterocycles. The van der Waals surface area contributed by atoms with Crippen LogP contribution in [0, 0.1) is 0 Å². The molecule has 0 aliphatic carbocycles. The molecule has 0 saturated heterocycles. The Labute approximate surface area is 110 Å². The molecule has 0 unspecified atom stereocenters. The number of tetrazole rings is 1. The third-order valence-electron chi connectivity index (χ3n) is 2.54. The minimum Gasteiger partial charge on any atom is -0.273 e. The number of rotatable bonds is 6. The zero-order chi connectivity index (χ0) is 13.5. The van der Waals surface area contributed by atoms with Gasteiger partial charge in [0.2, 0.25) is 5.91 Å². The van der Waals surface area contributed by atoms with Gasteiger partial charge < -0.3 is 0 Å². The van der Waals surface area contributed by atoms with Crippen molar-refractivity contribution in [3.8, 4) is 0 Å². The summed E-state index contributed by atoms with van der Waals surface area (Å²) >= 11 is 0. The van der Waals surface area contributed by atoms with Crippen LogP contribution in [-0.4, -0.2) is 38.2 Å². The van der Waals surface area contributed by atoms with Crippen LogP contribution in [0.15, 0.2) is 36.7 Å². The molecule has 1 aromatic carbocycles. The number of aromatic nitrogens is 4. The number of aryl methyl sites for hydroxylation is 1. The first kappa shape index (κ1) is 13.2. The lowest BCUT2D eigenvalue weighted by Crippen LogP contribution is -2.28. The van der Waals surface area contributed by atoms with E-state index in [1.807, 2.05) is 30.3 Å². The maximum Gasteiger partial charge on any atom is 0.247 e. The van der Waals surface area contributed by atoms with Gasteiger partial charge >= 0.3 is 0 Å². The van der Waals surface area contributed by atoms with Crippen molar-refractivity contribution in [3.63, 3.8) is 0 Å². The van der Waals surface area contributed by atoms with Gasteiger partial charge in [0.05, 0.1) is 13.0 Å². The van der Waals surface area contributed by atoms with Crippen molar-refractivity contribution in [1.29, 1.82) is 0 Å². The molecular formula is C12H15N5O2. The lowest BCUT2D eigenvalue weighted by molar-refractivity contribution is -0.183. The number of hydroxylamine groups is 2. The summed E-state index contributed by atoms with van der Waals surface area (Å²) in [5.41, 5.74) is 1.01. The summed E-state index contributed by atoms with van der Waals surface area (Å²) < 4.78 is 0. The Bertz CT molecular complexity index is 500. The van der Waals surface area contributed by atoms with E-state index in [0.717, 1.165) is 5.56 Å². The third-order valence-corrected chi connectivity index (χ3v) is 2.54. The van der Waals surface area contributed by atoms with Crippen molar-refractivity contribution in [2.45, 2.75) is 19.6 Å². The van der Waals surface area contributed by atoms with E-state index < -0.39 is 0 Å². The van der Waals surface area contributed by atoms with E-state index in [0.29, 0.717) is 13.2 Å². The average Bonchev–Trinajstić information content (AvgIpc) is 2.96. The van der Waals surface area contributed by atoms with Crippen LogP contribution in [0.2, 0.25) is 0 Å². The summed E-state index contributed by atoms with van der Waals surface area (Å²) in [5.74, 6) is -0.131. The highest BCUT2D eigenvalue weighted by Gasteiger charge is 2.10. The summed E-state index contributed by atoms with van der Waals surface area (Å²) in [6.07, 6.45) is 1.60. The first-order valence-electron chi connectivity index (χ1n) is 5.90. The molecule has 1 aromatic heterocycles. The van der Waals surface area contributed by atoms with Crippen LogP contribution >= 0.6 is 0 Å². The average molecular weight is 261 g/mol. The number of amides is 1. The molecule has 0 aliphatic heterocycles. The van der Waals surface area contributed by atoms with Gasteiger partial charge in [0, 0.05) is 7.05 Å². The molecule has 7 heteroatoms. The fourth-order valence-corrected chi connectivity index (χ4v) is 1.46. The monoisotopic (exact) mass is 261 g/mol. The number of carbonyl (C=O) groups is 1. The first-order valence-corrected chi connectivity index (χ1v) is 5.90. The Hall–Kier alpha value is -2.28. The largest absolute Gasteiger partial charge is 0.273 e. The maximum atomic E-state index is 11.8. The van der Waals surface area contributed by atoms with Gasteiger partial charge in [0.25, 0.3) is 0 Å². The molecule has 0 fully saturated rings. The van der Waals surface area contributed by atoms with Gasteiger partial charge in [-0.15, -0.1) is 10.2 Å². The van der Waals surface area contributed by atoms with Crippen molar-refractivity contribution in [2.24, 2.45) is 0 Å². The minimum atomic E-state index is -0.131. The molecule has 0 aliphatic rings. The van der Waals surface area contributed by atoms with Gasteiger partial charge in [-0.05, 0) is 10.8 Å². The number of nitrogens with zero attached hydrogens (tertiary/aromatic N) is 5. The van der Waals surface area contributed by atoms with Gasteiger partial charge in [-0.25, -0.2) is 5.06 Å². The minimum absolute atomic E-state index is 0.131. The van der Waals surface area contributed by atoms with Crippen LogP contribution in [-0.2, 0) is 22.8 Å². The predicted molar refractivity (Wildman–Crippen MR) is 66.4 cm³/mol. The van der Waals surface area contributed by atoms with Crippen LogP contribution in [0.5, 0.6) is 0 Å². The van der Waals surface area contributed by atoms with E-state index in [1.54, 1.807) is 7.05 Å². The standard InChI is InChI=1S/C12H15N5O2/c1-16(19-9-11-5-3-2-4-6-11)12(18)7-8-17-14-10-13-15-17/h2-6,10H,7-9H2,1H3. The molecule has 0 atom stereocenters. The van der Waals surface area contributed by atoms with Crippen molar-refractivity contribution in [2.75, 3.05) is 7.05 Å². The zero-order valence-electron chi connectivity index (χ0n) is 10.6. The van der Waals surface area contributed by atoms with Gasteiger partial charge in [-0.2, -0.15) is 4.80 Å². The van der Waals surface area contributed by atoms with Crippen LogP contribution in [0.4, 0.5) is 0 Å². The van der Waals surface area contributed by atoms with Gasteiger partial charge in [-0.3, -0.25) is 9.63 Å². The van der Waals surface area contributed by atoms with E-state index in [2.05, 4.69) is 15.4 Å². The smallest absolute Gasteiger partial charge is 0.247 e. The van der Waals surface area contributed by atoms with Crippen LogP contribution in [0.3, 0.4) is 0 Å². The first-order chi connectivity index (χ1) is 9.25. The Morgan fingerprint density at radius 1 is 1.37 bits per heavy atom. The predicted octanol–water partition coefficient (Wildman–Crippen LogP) is 0.653. The summed E-state index contributed by atoms with van der Waals surface area (Å²) in [6, 6.07) is 9.67. The molecule has 0 spiro atoms. The van der Waals surface area contributed by atoms with E-state index in [4.69, 9.17) is 4.84 Å². The second-order valence-corrected chi connectivity index (χ2v) is 3.93. The molecule has 0 radical (unpaired) electrons. The Morgan fingerprint density at radius 3 is 2.84 bits per heavy atom. The Kier molecular flexibility index (Phi) is 4.57. The summed E-state index contributed by atoms with van der Waals surface area (Å²) in [6.45, 7) is 0.753. The molecule has 7 nitrogen and oxygen atoms in total. The molecular weight excluding hydrogens is 246 g/mol. The zero-order valence-corrected chi connectivity index (χ0v) is 10.6. The molecule has 2 rings (SSSR count). The number of hydrogen-bond donors (Lipinski definition) is 0. The Balaban J connectivity index is 1.73. The lowest BCUT2D eigenvalue weighted by atomic mass is 10.2. The van der Waals surface area contributed by atoms with Crippen molar-refractivity contribution in [3.05, 3.63) is 42.2 Å². The van der Waals surface area contributed by atoms with Gasteiger partial charge in [-0.1, -0.05) is 30.3 Å². The quantitative estimate of drug-likeness (QED) is 0.714. The molecule has 0 saturated carbocycles. The second-order valence-electron chi connectivity index (χ2n) is 3.93. The molecule has 100 valence electrons. The van der Waals surface area contributed by atoms with E-state index >= 15 is 0 Å². The highest BCUT2D eigenvalue weighted by Crippen LogP contribution is 2.03. The highest BCUT2D eigenvalue weighted by atomic mass is 16.7. The van der Waals surface area contributed by atoms with Crippen molar-refractivity contribution >= 4 is 5.91 Å². The van der Waals surface area contributed by atoms with E-state index in [1.165, 1.54) is 16.2 Å². The second kappa shape index (κ2) is 6.60. The summed E-state index contributed by atoms with van der Waals surface area (Å²) in [7, 11) is 1.60. The molecule has 19 heavy (non-hydrogen) atoms. The summed E-state index contributed by atoms with van der Waals surface area (Å²) in [4.78, 5) is 18.5. The number of carbonyl (C=O) groups excluding carboxylic acids is 1. The fraction of sp³-hybridized carbons (Fsp3) is 0.333. The fourth-order valence-electron chi connectivity index (χ4n) is 1.46. The SMILES string of the molecule is CN(OCc1ccccc1)C(=O)CCn1ncnn1. The summed E-state index contributed by atoms with van der Waals surface area (Å²) in [5, 5.41) is 12.3. The topological polar surface area (TPSA) is 73.1 Å². The van der Waals surface area contributed by atoms with Gasteiger partial charge in [0.1, 0.15) is 6.61 Å². The van der Waals surface area contributed by atoms with Gasteiger partial charge in [0.15, 0.2) is 6.33 Å². The molecule has 0 N–H and O–H groups in total. The van der Waals surface area contributed by atoms with E-state index in [-0.39, 0.29) is 12.3 Å². The number of benzene rings is 1. The van der Waals surface area contributed by atoms with Crippen LogP contribution in [0.25, 0.3) is 0 Å². The maximum absolute atomic E-state index is 11.8. The molecule has 2 aromatic rings. The lowest BCUT2D eigenvalue weighted by Gasteiger charge is -2.16. The van der Waals surface area contributed by atoms with Crippen molar-refractivity contribution in [1.82, 2.24) is 25.3 Å². The van der Waals surface area contributed by atoms with E-state index in [9.17, 15) is 4.79 Å². The van der Waals surface area contributed by atoms with Crippen molar-refractivity contribution < 1.29 is 9.63 Å². The molecule has 0 bridgehead atoms. The Morgan fingerprint density at radius 2 is 2.16 bits per heavy atom. The normalized spacial score (nSPS) is 10.4. The molecule has 1 amide bonds. The number of hydrogen-bond acceptors (Lipinski definition) is 5. The highest BCUT2D eigenvalue weighted by molar-refractivity contribution is 5.74.